The molecule has 136 valence electrons. The quantitative estimate of drug-likeness (QED) is 0.320. The van der Waals surface area contributed by atoms with Gasteiger partial charge in [0.1, 0.15) is 11.6 Å². The summed E-state index contributed by atoms with van der Waals surface area (Å²) in [6, 6.07) is 18.1. The van der Waals surface area contributed by atoms with Gasteiger partial charge in [-0.25, -0.2) is 4.39 Å². The third kappa shape index (κ3) is 4.48. The molecule has 0 aliphatic heterocycles. The molecular formula is C21H17FN2O2S. The van der Waals surface area contributed by atoms with Crippen LogP contribution in [0.5, 0.6) is 5.75 Å². The zero-order chi connectivity index (χ0) is 19.2. The molecule has 0 radical (unpaired) electrons. The van der Waals surface area contributed by atoms with Crippen LogP contribution in [0.2, 0.25) is 0 Å². The summed E-state index contributed by atoms with van der Waals surface area (Å²) in [5.74, 6) is -0.0503. The second-order valence-electron chi connectivity index (χ2n) is 5.65. The fourth-order valence-corrected chi connectivity index (χ4v) is 2.83. The molecule has 1 heterocycles. The Morgan fingerprint density at radius 3 is 2.41 bits per heavy atom. The number of methoxy groups -OCH3 is 1. The van der Waals surface area contributed by atoms with Gasteiger partial charge in [-0.3, -0.25) is 0 Å². The Hall–Kier alpha value is -3.25. The summed E-state index contributed by atoms with van der Waals surface area (Å²) in [6.45, 7) is 0. The van der Waals surface area contributed by atoms with Crippen LogP contribution in [0.4, 0.5) is 10.1 Å². The van der Waals surface area contributed by atoms with Gasteiger partial charge in [-0.15, -0.1) is 0 Å². The van der Waals surface area contributed by atoms with Gasteiger partial charge in [-0.1, -0.05) is 36.5 Å². The lowest BCUT2D eigenvalue weighted by Gasteiger charge is -2.17. The van der Waals surface area contributed by atoms with Crippen molar-refractivity contribution in [2.75, 3.05) is 12.4 Å². The van der Waals surface area contributed by atoms with E-state index in [1.54, 1.807) is 42.3 Å². The van der Waals surface area contributed by atoms with Crippen molar-refractivity contribution in [1.82, 2.24) is 0 Å². The first-order valence-corrected chi connectivity index (χ1v) is 8.58. The van der Waals surface area contributed by atoms with E-state index < -0.39 is 5.82 Å². The predicted octanol–water partition coefficient (Wildman–Crippen LogP) is 3.25. The number of aromatic nitrogens is 1. The Labute approximate surface area is 162 Å². The van der Waals surface area contributed by atoms with Gasteiger partial charge in [0.05, 0.1) is 7.11 Å². The topological polar surface area (TPSA) is 48.2 Å². The number of halogens is 1. The van der Waals surface area contributed by atoms with Gasteiger partial charge >= 0.3 is 0 Å². The summed E-state index contributed by atoms with van der Waals surface area (Å²) in [5, 5.41) is 16.2. The minimum atomic E-state index is -0.405. The highest BCUT2D eigenvalue weighted by molar-refractivity contribution is 7.81. The highest BCUT2D eigenvalue weighted by Gasteiger charge is 2.18. The molecule has 2 aromatic carbocycles. The molecule has 27 heavy (non-hydrogen) atoms. The molecule has 0 bridgehead atoms. The molecule has 0 unspecified atom stereocenters. The van der Waals surface area contributed by atoms with Crippen LogP contribution in [0, 0.1) is 5.82 Å². The lowest BCUT2D eigenvalue weighted by molar-refractivity contribution is -0.577. The minimum absolute atomic E-state index is 0.244. The Bertz CT molecular complexity index is 973. The van der Waals surface area contributed by atoms with E-state index in [0.717, 1.165) is 0 Å². The van der Waals surface area contributed by atoms with E-state index >= 15 is 0 Å². The molecule has 0 spiro atoms. The monoisotopic (exact) mass is 380 g/mol. The van der Waals surface area contributed by atoms with Crippen LogP contribution in [0.25, 0.3) is 11.5 Å². The van der Waals surface area contributed by atoms with Crippen LogP contribution in [-0.4, -0.2) is 12.1 Å². The molecule has 4 nitrogen and oxygen atoms in total. The van der Waals surface area contributed by atoms with Crippen LogP contribution in [-0.2, 0) is 0 Å². The van der Waals surface area contributed by atoms with Crippen LogP contribution >= 0.6 is 12.2 Å². The molecule has 0 aliphatic rings. The standard InChI is InChI=1S/C21H17FN2O2S/c1-26-18-7-5-6-17(14-18)23-21(27)19(24-12-3-2-4-13-24)20(25)15-8-10-16(22)11-9-15/h2-14H,1H3,(H-,23,25,27). The first kappa shape index (κ1) is 18.5. The molecule has 0 atom stereocenters. The minimum Gasteiger partial charge on any atom is -0.867 e. The van der Waals surface area contributed by atoms with E-state index in [2.05, 4.69) is 5.32 Å². The first-order chi connectivity index (χ1) is 13.1. The first-order valence-electron chi connectivity index (χ1n) is 8.18. The summed E-state index contributed by atoms with van der Waals surface area (Å²) in [5.41, 5.74) is 1.30. The number of hydrogen-bond donors (Lipinski definition) is 1. The van der Waals surface area contributed by atoms with Gasteiger partial charge in [-0.05, 0) is 35.6 Å². The second-order valence-corrected chi connectivity index (χ2v) is 6.06. The van der Waals surface area contributed by atoms with E-state index in [0.29, 0.717) is 17.0 Å². The van der Waals surface area contributed by atoms with Gasteiger partial charge in [-0.2, -0.15) is 4.57 Å². The van der Waals surface area contributed by atoms with E-state index in [1.807, 2.05) is 24.3 Å². The Kier molecular flexibility index (Phi) is 5.78. The predicted molar refractivity (Wildman–Crippen MR) is 105 cm³/mol. The lowest BCUT2D eigenvalue weighted by atomic mass is 10.1. The summed E-state index contributed by atoms with van der Waals surface area (Å²) >= 11 is 5.52. The Morgan fingerprint density at radius 1 is 1.04 bits per heavy atom. The van der Waals surface area contributed by atoms with E-state index in [9.17, 15) is 9.50 Å². The largest absolute Gasteiger partial charge is 0.867 e. The molecule has 3 rings (SSSR count). The SMILES string of the molecule is COc1cccc(NC(=S)/C(=C(\[O-])c2ccc(F)cc2)[n+]2ccccc2)c1. The average Bonchev–Trinajstić information content (AvgIpc) is 2.69. The zero-order valence-electron chi connectivity index (χ0n) is 14.6. The third-order valence-corrected chi connectivity index (χ3v) is 4.13. The van der Waals surface area contributed by atoms with Crippen molar-refractivity contribution in [2.45, 2.75) is 0 Å². The molecule has 0 aliphatic carbocycles. The summed E-state index contributed by atoms with van der Waals surface area (Å²) in [4.78, 5) is 0.244. The van der Waals surface area contributed by atoms with E-state index in [-0.39, 0.29) is 16.4 Å². The van der Waals surface area contributed by atoms with Crippen molar-refractivity contribution < 1.29 is 18.8 Å². The average molecular weight is 380 g/mol. The van der Waals surface area contributed by atoms with Crippen molar-refractivity contribution in [2.24, 2.45) is 0 Å². The molecule has 0 saturated carbocycles. The number of hydrogen-bond acceptors (Lipinski definition) is 3. The number of pyridine rings is 1. The molecule has 1 aromatic heterocycles. The maximum absolute atomic E-state index is 13.2. The van der Waals surface area contributed by atoms with Gasteiger partial charge in [0.25, 0.3) is 0 Å². The summed E-state index contributed by atoms with van der Waals surface area (Å²) in [7, 11) is 1.58. The van der Waals surface area contributed by atoms with Crippen LogP contribution in [0.15, 0.2) is 79.1 Å². The van der Waals surface area contributed by atoms with Crippen LogP contribution in [0.1, 0.15) is 5.56 Å². The van der Waals surface area contributed by atoms with Gasteiger partial charge in [0.2, 0.25) is 5.70 Å². The van der Waals surface area contributed by atoms with Gasteiger partial charge < -0.3 is 15.2 Å². The highest BCUT2D eigenvalue weighted by Crippen LogP contribution is 2.20. The van der Waals surface area contributed by atoms with Crippen molar-refractivity contribution in [3.8, 4) is 5.75 Å². The molecular weight excluding hydrogens is 363 g/mol. The fraction of sp³-hybridized carbons (Fsp3) is 0.0476. The van der Waals surface area contributed by atoms with E-state index in [1.165, 1.54) is 24.3 Å². The Balaban J connectivity index is 2.03. The van der Waals surface area contributed by atoms with Crippen molar-refractivity contribution in [1.29, 1.82) is 0 Å². The molecule has 6 heteroatoms. The zero-order valence-corrected chi connectivity index (χ0v) is 15.4. The second kappa shape index (κ2) is 8.42. The Morgan fingerprint density at radius 2 is 1.74 bits per heavy atom. The highest BCUT2D eigenvalue weighted by atomic mass is 32.1. The van der Waals surface area contributed by atoms with Crippen molar-refractivity contribution in [3.63, 3.8) is 0 Å². The lowest BCUT2D eigenvalue weighted by Crippen LogP contribution is -2.39. The molecule has 1 N–H and O–H groups in total. The van der Waals surface area contributed by atoms with E-state index in [4.69, 9.17) is 17.0 Å². The van der Waals surface area contributed by atoms with Crippen molar-refractivity contribution >= 4 is 34.3 Å². The number of nitrogens with one attached hydrogen (secondary N) is 1. The smallest absolute Gasteiger partial charge is 0.238 e. The maximum atomic E-state index is 13.2. The third-order valence-electron chi connectivity index (χ3n) is 3.84. The number of ether oxygens (including phenoxy) is 1. The summed E-state index contributed by atoms with van der Waals surface area (Å²) in [6.07, 6.45) is 3.46. The fourth-order valence-electron chi connectivity index (χ4n) is 2.51. The van der Waals surface area contributed by atoms with Gasteiger partial charge in [0, 0.05) is 23.9 Å². The van der Waals surface area contributed by atoms with Crippen LogP contribution in [0.3, 0.4) is 0 Å². The maximum Gasteiger partial charge on any atom is 0.238 e. The summed E-state index contributed by atoms with van der Waals surface area (Å²) < 4.78 is 20.1. The number of benzene rings is 2. The normalized spacial score (nSPS) is 11.5. The molecule has 0 fully saturated rings. The number of anilines is 1. The molecule has 0 amide bonds. The van der Waals surface area contributed by atoms with Gasteiger partial charge in [0.15, 0.2) is 17.4 Å². The number of rotatable bonds is 5. The number of thiocarbonyl (C=S) groups is 1. The molecule has 3 aromatic rings. The number of nitrogens with zero attached hydrogens (tertiary/aromatic N) is 1. The van der Waals surface area contributed by atoms with Crippen molar-refractivity contribution in [3.05, 3.63) is 90.5 Å². The van der Waals surface area contributed by atoms with Crippen LogP contribution < -0.4 is 19.7 Å². The molecule has 0 saturated heterocycles.